The third kappa shape index (κ3) is 12.4. The average molecular weight is 614 g/mol. The van der Waals surface area contributed by atoms with Gasteiger partial charge < -0.3 is 14.5 Å². The average Bonchev–Trinajstić information content (AvgIpc) is 3.05. The molecular weight excluding hydrogens is 557 g/mol. The molecule has 4 rings (SSSR count). The summed E-state index contributed by atoms with van der Waals surface area (Å²) in [6, 6.07) is 25.3. The van der Waals surface area contributed by atoms with Crippen molar-refractivity contribution >= 4 is 5.70 Å². The Hall–Kier alpha value is -3.59. The first-order chi connectivity index (χ1) is 21.8. The predicted octanol–water partition coefficient (Wildman–Crippen LogP) is 8.76. The number of ether oxygens (including phenoxy) is 1. The molecule has 5 heteroatoms. The van der Waals surface area contributed by atoms with E-state index in [1.807, 2.05) is 12.1 Å². The summed E-state index contributed by atoms with van der Waals surface area (Å²) in [6.07, 6.45) is 15.0. The van der Waals surface area contributed by atoms with Crippen LogP contribution in [0.4, 0.5) is 4.39 Å². The molecule has 0 unspecified atom stereocenters. The van der Waals surface area contributed by atoms with E-state index in [9.17, 15) is 4.39 Å². The Morgan fingerprint density at radius 3 is 2.18 bits per heavy atom. The largest absolute Gasteiger partial charge is 0.497 e. The van der Waals surface area contributed by atoms with Crippen LogP contribution in [0.15, 0.2) is 78.9 Å². The quantitative estimate of drug-likeness (QED) is 0.150. The molecule has 1 saturated heterocycles. The monoisotopic (exact) mass is 613 g/mol. The zero-order chi connectivity index (χ0) is 33.2. The van der Waals surface area contributed by atoms with Crippen LogP contribution in [0.1, 0.15) is 76.1 Å². The number of likely N-dealkylation sites (N-methyl/N-ethyl adjacent to an activating group) is 1. The first kappa shape index (κ1) is 37.6. The molecular formula is C40H56FN3O. The number of rotatable bonds is 12. The molecule has 1 heterocycles. The molecule has 1 fully saturated rings. The number of nitrogens with zero attached hydrogens (tertiary/aromatic N) is 3. The Kier molecular flexibility index (Phi) is 17.1. The smallest absolute Gasteiger partial charge is 0.123 e. The van der Waals surface area contributed by atoms with Gasteiger partial charge in [-0.05, 0) is 107 Å². The van der Waals surface area contributed by atoms with Gasteiger partial charge in [-0.25, -0.2) is 4.39 Å². The molecule has 3 aromatic carbocycles. The predicted molar refractivity (Wildman–Crippen MR) is 191 cm³/mol. The number of terminal acetylenes is 1. The lowest BCUT2D eigenvalue weighted by Crippen LogP contribution is -2.54. The Balaban J connectivity index is 0.000000320. The van der Waals surface area contributed by atoms with Gasteiger partial charge in [-0.3, -0.25) is 4.90 Å². The summed E-state index contributed by atoms with van der Waals surface area (Å²) in [5.74, 6) is 0.777. The van der Waals surface area contributed by atoms with Crippen molar-refractivity contribution in [3.05, 3.63) is 107 Å². The van der Waals surface area contributed by atoms with Crippen LogP contribution >= 0.6 is 0 Å². The number of halogens is 1. The van der Waals surface area contributed by atoms with E-state index < -0.39 is 0 Å². The number of hydrogen-bond acceptors (Lipinski definition) is 4. The lowest BCUT2D eigenvalue weighted by molar-refractivity contribution is 0.0545. The second kappa shape index (κ2) is 20.4. The van der Waals surface area contributed by atoms with E-state index in [4.69, 9.17) is 4.74 Å². The molecule has 0 aliphatic carbocycles. The molecule has 0 spiro atoms. The molecule has 0 bridgehead atoms. The van der Waals surface area contributed by atoms with Crippen LogP contribution in [0.5, 0.6) is 5.75 Å². The highest BCUT2D eigenvalue weighted by atomic mass is 19.1. The number of allylic oxidation sites excluding steroid dienone is 1. The molecule has 45 heavy (non-hydrogen) atoms. The molecule has 0 saturated carbocycles. The molecule has 0 aromatic heterocycles. The van der Waals surface area contributed by atoms with Crippen molar-refractivity contribution in [2.75, 3.05) is 40.3 Å². The molecule has 1 aliphatic heterocycles. The van der Waals surface area contributed by atoms with Gasteiger partial charge >= 0.3 is 0 Å². The van der Waals surface area contributed by atoms with Crippen molar-refractivity contribution in [3.8, 4) is 18.6 Å². The molecule has 4 nitrogen and oxygen atoms in total. The second-order valence-electron chi connectivity index (χ2n) is 11.8. The Morgan fingerprint density at radius 2 is 1.53 bits per heavy atom. The Morgan fingerprint density at radius 1 is 0.889 bits per heavy atom. The fourth-order valence-corrected chi connectivity index (χ4v) is 5.76. The normalized spacial score (nSPS) is 17.0. The third-order valence-corrected chi connectivity index (χ3v) is 8.47. The molecule has 3 aromatic rings. The van der Waals surface area contributed by atoms with Crippen LogP contribution < -0.4 is 4.74 Å². The Bertz CT molecular complexity index is 1320. The van der Waals surface area contributed by atoms with Crippen LogP contribution in [-0.2, 0) is 13.0 Å². The van der Waals surface area contributed by atoms with Gasteiger partial charge in [-0.2, -0.15) is 0 Å². The van der Waals surface area contributed by atoms with Crippen molar-refractivity contribution < 1.29 is 9.13 Å². The summed E-state index contributed by atoms with van der Waals surface area (Å²) >= 11 is 0. The van der Waals surface area contributed by atoms with Crippen LogP contribution in [-0.4, -0.2) is 67.1 Å². The molecule has 2 atom stereocenters. The summed E-state index contributed by atoms with van der Waals surface area (Å²) in [4.78, 5) is 7.27. The summed E-state index contributed by atoms with van der Waals surface area (Å²) in [6.45, 7) is 16.2. The number of benzene rings is 3. The van der Waals surface area contributed by atoms with Crippen molar-refractivity contribution in [3.63, 3.8) is 0 Å². The zero-order valence-corrected chi connectivity index (χ0v) is 28.8. The Labute approximate surface area is 273 Å². The van der Waals surface area contributed by atoms with Gasteiger partial charge in [0.2, 0.25) is 0 Å². The maximum Gasteiger partial charge on any atom is 0.123 e. The van der Waals surface area contributed by atoms with Gasteiger partial charge in [0.1, 0.15) is 11.6 Å². The van der Waals surface area contributed by atoms with E-state index in [1.54, 1.807) is 19.2 Å². The van der Waals surface area contributed by atoms with Crippen molar-refractivity contribution in [2.45, 2.75) is 78.9 Å². The van der Waals surface area contributed by atoms with E-state index in [-0.39, 0.29) is 5.82 Å². The lowest BCUT2D eigenvalue weighted by Gasteiger charge is -2.42. The van der Waals surface area contributed by atoms with Crippen LogP contribution in [0.3, 0.4) is 0 Å². The minimum Gasteiger partial charge on any atom is -0.497 e. The molecule has 244 valence electrons. The second-order valence-corrected chi connectivity index (χ2v) is 11.8. The molecule has 1 aliphatic rings. The maximum absolute atomic E-state index is 13.1. The van der Waals surface area contributed by atoms with E-state index in [1.165, 1.54) is 41.3 Å². The van der Waals surface area contributed by atoms with Crippen LogP contribution in [0, 0.1) is 18.7 Å². The fraction of sp³-hybridized carbons (Fsp3) is 0.450. The van der Waals surface area contributed by atoms with E-state index in [0.29, 0.717) is 12.1 Å². The minimum absolute atomic E-state index is 0.141. The summed E-state index contributed by atoms with van der Waals surface area (Å²) in [5, 5.41) is 0. The maximum atomic E-state index is 13.1. The van der Waals surface area contributed by atoms with Gasteiger partial charge in [0.25, 0.3) is 0 Å². The standard InChI is InChI=1S/C24H33NO.C14H21FN2.C2H2/c1-5-8-9-16-24(25(6-2)7-3)22-14-10-12-20(18-22)17-21-13-11-15-23(19-21)26-4;1-11-9-17(12(2)8-16(11)3)10-13-5-4-6-14(15)7-13;1-2/h10-16,18-19H,5-9,17H2,1-4H3;4-7,11-12H,8-10H2,1-3H3;1-2H/b24-16+;;/t;11-,12+;/m.0./s1. The van der Waals surface area contributed by atoms with Crippen LogP contribution in [0.25, 0.3) is 5.70 Å². The summed E-state index contributed by atoms with van der Waals surface area (Å²) in [5.41, 5.74) is 6.37. The highest BCUT2D eigenvalue weighted by molar-refractivity contribution is 5.65. The van der Waals surface area contributed by atoms with E-state index in [2.05, 4.69) is 118 Å². The topological polar surface area (TPSA) is 19.0 Å². The van der Waals surface area contributed by atoms with E-state index in [0.717, 1.165) is 56.9 Å². The van der Waals surface area contributed by atoms with Crippen molar-refractivity contribution in [1.82, 2.24) is 14.7 Å². The number of hydrogen-bond donors (Lipinski definition) is 0. The first-order valence-electron chi connectivity index (χ1n) is 16.5. The van der Waals surface area contributed by atoms with Crippen molar-refractivity contribution in [2.24, 2.45) is 0 Å². The highest BCUT2D eigenvalue weighted by Gasteiger charge is 2.26. The summed E-state index contributed by atoms with van der Waals surface area (Å²) in [7, 11) is 3.89. The van der Waals surface area contributed by atoms with Crippen LogP contribution in [0.2, 0.25) is 0 Å². The molecule has 0 radical (unpaired) electrons. The number of methoxy groups -OCH3 is 1. The summed E-state index contributed by atoms with van der Waals surface area (Å²) < 4.78 is 18.5. The molecule has 0 amide bonds. The molecule has 0 N–H and O–H groups in total. The van der Waals surface area contributed by atoms with Gasteiger partial charge in [0, 0.05) is 50.5 Å². The fourth-order valence-electron chi connectivity index (χ4n) is 5.76. The lowest BCUT2D eigenvalue weighted by atomic mass is 10.00. The first-order valence-corrected chi connectivity index (χ1v) is 16.5. The number of unbranched alkanes of at least 4 members (excludes halogenated alkanes) is 2. The minimum atomic E-state index is -0.141. The van der Waals surface area contributed by atoms with Gasteiger partial charge in [-0.15, -0.1) is 12.8 Å². The van der Waals surface area contributed by atoms with E-state index >= 15 is 0 Å². The number of piperazine rings is 1. The van der Waals surface area contributed by atoms with Gasteiger partial charge in [0.05, 0.1) is 7.11 Å². The van der Waals surface area contributed by atoms with Crippen molar-refractivity contribution in [1.29, 1.82) is 0 Å². The van der Waals surface area contributed by atoms with Gasteiger partial charge in [0.15, 0.2) is 0 Å². The highest BCUT2D eigenvalue weighted by Crippen LogP contribution is 2.24. The SMILES string of the molecule is C#C.CCCC/C=C(\c1cccc(Cc2cccc(OC)c2)c1)N(CC)CC.C[C@@H]1CN(C)[C@@H](C)CN1Cc1cccc(F)c1. The third-order valence-electron chi connectivity index (χ3n) is 8.47. The van der Waals surface area contributed by atoms with Gasteiger partial charge in [-0.1, -0.05) is 61.9 Å². The zero-order valence-electron chi connectivity index (χ0n) is 28.8.